The zero-order chi connectivity index (χ0) is 21.5. The van der Waals surface area contributed by atoms with E-state index in [1.165, 1.54) is 35.7 Å². The average molecular weight is 420 g/mol. The topological polar surface area (TPSA) is 97.7 Å². The first-order valence-electron chi connectivity index (χ1n) is 10.1. The van der Waals surface area contributed by atoms with Crippen LogP contribution in [-0.4, -0.2) is 31.3 Å². The molecule has 1 fully saturated rings. The number of rotatable bonds is 6. The first kappa shape index (κ1) is 19.2. The van der Waals surface area contributed by atoms with Crippen molar-refractivity contribution in [1.82, 2.24) is 24.7 Å². The second-order valence-electron chi connectivity index (χ2n) is 7.77. The van der Waals surface area contributed by atoms with Crippen LogP contribution in [0.5, 0.6) is 11.5 Å². The van der Waals surface area contributed by atoms with Crippen LogP contribution < -0.4 is 15.6 Å². The lowest BCUT2D eigenvalue weighted by atomic mass is 10.1. The van der Waals surface area contributed by atoms with Gasteiger partial charge in [0.05, 0.1) is 16.6 Å². The van der Waals surface area contributed by atoms with E-state index in [0.717, 1.165) is 6.54 Å². The fourth-order valence-electron chi connectivity index (χ4n) is 3.49. The lowest BCUT2D eigenvalue weighted by Crippen LogP contribution is -2.24. The lowest BCUT2D eigenvalue weighted by molar-refractivity contribution is 0.446. The largest absolute Gasteiger partial charge is 0.453 e. The molecule has 0 unspecified atom stereocenters. The van der Waals surface area contributed by atoms with Gasteiger partial charge in [0.2, 0.25) is 5.95 Å². The van der Waals surface area contributed by atoms with E-state index in [9.17, 15) is 9.18 Å². The summed E-state index contributed by atoms with van der Waals surface area (Å²) in [5, 5.41) is 10.8. The van der Waals surface area contributed by atoms with Crippen LogP contribution in [0.2, 0.25) is 0 Å². The van der Waals surface area contributed by atoms with Crippen LogP contribution >= 0.6 is 0 Å². The molecule has 9 heteroatoms. The Bertz CT molecular complexity index is 1340. The van der Waals surface area contributed by atoms with E-state index in [0.29, 0.717) is 45.5 Å². The smallest absolute Gasteiger partial charge is 0.262 e. The fraction of sp³-hybridized carbons (Fsp3) is 0.273. The summed E-state index contributed by atoms with van der Waals surface area (Å²) >= 11 is 0. The maximum Gasteiger partial charge on any atom is 0.262 e. The third-order valence-corrected chi connectivity index (χ3v) is 5.48. The fourth-order valence-corrected chi connectivity index (χ4v) is 3.49. The number of pyridine rings is 1. The molecule has 2 N–H and O–H groups in total. The average Bonchev–Trinajstić information content (AvgIpc) is 3.52. The van der Waals surface area contributed by atoms with Gasteiger partial charge in [0.25, 0.3) is 5.56 Å². The van der Waals surface area contributed by atoms with Gasteiger partial charge in [-0.1, -0.05) is 6.07 Å². The van der Waals surface area contributed by atoms with Crippen molar-refractivity contribution in [3.8, 4) is 22.6 Å². The molecule has 0 radical (unpaired) electrons. The Kier molecular flexibility index (Phi) is 4.65. The minimum atomic E-state index is -0.582. The number of aryl methyl sites for hydroxylation is 1. The number of ether oxygens (including phenoxy) is 1. The molecule has 0 bridgehead atoms. The highest BCUT2D eigenvalue weighted by atomic mass is 19.1. The van der Waals surface area contributed by atoms with Gasteiger partial charge in [0, 0.05) is 26.0 Å². The van der Waals surface area contributed by atoms with Crippen molar-refractivity contribution in [1.29, 1.82) is 0 Å². The summed E-state index contributed by atoms with van der Waals surface area (Å²) in [5.41, 5.74) is 1.79. The Morgan fingerprint density at radius 2 is 2.10 bits per heavy atom. The zero-order valence-corrected chi connectivity index (χ0v) is 17.1. The molecule has 1 saturated carbocycles. The van der Waals surface area contributed by atoms with E-state index in [-0.39, 0.29) is 11.3 Å². The van der Waals surface area contributed by atoms with E-state index < -0.39 is 5.82 Å². The van der Waals surface area contributed by atoms with Crippen LogP contribution in [0.15, 0.2) is 41.5 Å². The van der Waals surface area contributed by atoms with Gasteiger partial charge in [-0.15, -0.1) is 0 Å². The Morgan fingerprint density at radius 3 is 2.87 bits per heavy atom. The molecule has 31 heavy (non-hydrogen) atoms. The highest BCUT2D eigenvalue weighted by molar-refractivity contribution is 5.84. The number of nitrogens with zero attached hydrogens (tertiary/aromatic N) is 4. The van der Waals surface area contributed by atoms with E-state index >= 15 is 0 Å². The van der Waals surface area contributed by atoms with Gasteiger partial charge in [0.15, 0.2) is 17.2 Å². The standard InChI is InChI=1S/C22H21FN6O2/c1-12-19-18(7-8-24-20(19)28-27-12)31-17-6-5-14(9-16(17)23)15-11-26-22(29(2)21(15)30)25-10-13-3-4-13/h5-9,11,13H,3-4,10H2,1-2H3,(H,25,26)(H,24,27,28). The van der Waals surface area contributed by atoms with Crippen molar-refractivity contribution in [2.45, 2.75) is 19.8 Å². The number of halogens is 1. The molecule has 0 atom stereocenters. The number of hydrogen-bond donors (Lipinski definition) is 2. The van der Waals surface area contributed by atoms with E-state index in [4.69, 9.17) is 4.74 Å². The number of hydrogen-bond acceptors (Lipinski definition) is 6. The summed E-state index contributed by atoms with van der Waals surface area (Å²) in [6.07, 6.45) is 5.46. The summed E-state index contributed by atoms with van der Waals surface area (Å²) in [6, 6.07) is 6.09. The summed E-state index contributed by atoms with van der Waals surface area (Å²) < 4.78 is 22.1. The monoisotopic (exact) mass is 420 g/mol. The Labute approximate surface area is 177 Å². The minimum Gasteiger partial charge on any atom is -0.453 e. The molecule has 158 valence electrons. The van der Waals surface area contributed by atoms with Crippen LogP contribution in [0, 0.1) is 18.7 Å². The predicted molar refractivity (Wildman–Crippen MR) is 115 cm³/mol. The van der Waals surface area contributed by atoms with Gasteiger partial charge in [-0.25, -0.2) is 14.4 Å². The second-order valence-corrected chi connectivity index (χ2v) is 7.77. The molecule has 1 aliphatic carbocycles. The molecule has 1 aliphatic rings. The molecule has 8 nitrogen and oxygen atoms in total. The molecule has 3 aromatic heterocycles. The minimum absolute atomic E-state index is 0.0457. The van der Waals surface area contributed by atoms with Gasteiger partial charge in [-0.2, -0.15) is 5.10 Å². The molecule has 5 rings (SSSR count). The van der Waals surface area contributed by atoms with Crippen LogP contribution in [0.4, 0.5) is 10.3 Å². The van der Waals surface area contributed by atoms with Gasteiger partial charge in [-0.05, 0) is 49.4 Å². The highest BCUT2D eigenvalue weighted by Gasteiger charge is 2.21. The van der Waals surface area contributed by atoms with E-state index in [2.05, 4.69) is 25.5 Å². The van der Waals surface area contributed by atoms with Crippen molar-refractivity contribution < 1.29 is 9.13 Å². The van der Waals surface area contributed by atoms with Crippen LogP contribution in [0.25, 0.3) is 22.2 Å². The normalized spacial score (nSPS) is 13.5. The lowest BCUT2D eigenvalue weighted by Gasteiger charge is -2.12. The van der Waals surface area contributed by atoms with Gasteiger partial charge in [-0.3, -0.25) is 14.5 Å². The SMILES string of the molecule is Cc1n[nH]c2nccc(Oc3ccc(-c4cnc(NCC5CC5)n(C)c4=O)cc3F)c12. The Morgan fingerprint density at radius 1 is 1.26 bits per heavy atom. The van der Waals surface area contributed by atoms with Crippen LogP contribution in [0.1, 0.15) is 18.5 Å². The molecule has 0 saturated heterocycles. The molecule has 3 heterocycles. The molecule has 0 spiro atoms. The maximum absolute atomic E-state index is 14.9. The van der Waals surface area contributed by atoms with Crippen molar-refractivity contribution in [2.24, 2.45) is 13.0 Å². The molecular formula is C22H21FN6O2. The summed E-state index contributed by atoms with van der Waals surface area (Å²) in [4.78, 5) is 21.3. The predicted octanol–water partition coefficient (Wildman–Crippen LogP) is 3.78. The quantitative estimate of drug-likeness (QED) is 0.493. The number of benzene rings is 1. The number of fused-ring (bicyclic) bond motifs is 1. The number of H-pyrrole nitrogens is 1. The number of nitrogens with one attached hydrogen (secondary N) is 2. The first-order chi connectivity index (χ1) is 15.0. The number of aromatic nitrogens is 5. The van der Waals surface area contributed by atoms with Gasteiger partial charge in [0.1, 0.15) is 5.75 Å². The summed E-state index contributed by atoms with van der Waals surface area (Å²) in [6.45, 7) is 2.62. The van der Waals surface area contributed by atoms with Gasteiger partial charge >= 0.3 is 0 Å². The summed E-state index contributed by atoms with van der Waals surface area (Å²) in [5.74, 6) is 1.08. The van der Waals surface area contributed by atoms with Crippen molar-refractivity contribution >= 4 is 17.0 Å². The van der Waals surface area contributed by atoms with E-state index in [1.54, 1.807) is 25.4 Å². The first-order valence-corrected chi connectivity index (χ1v) is 10.1. The number of anilines is 1. The van der Waals surface area contributed by atoms with Crippen molar-refractivity contribution in [2.75, 3.05) is 11.9 Å². The third-order valence-electron chi connectivity index (χ3n) is 5.48. The zero-order valence-electron chi connectivity index (χ0n) is 17.1. The van der Waals surface area contributed by atoms with Crippen LogP contribution in [-0.2, 0) is 7.05 Å². The second kappa shape index (κ2) is 7.50. The van der Waals surface area contributed by atoms with Gasteiger partial charge < -0.3 is 10.1 Å². The molecule has 0 amide bonds. The maximum atomic E-state index is 14.9. The van der Waals surface area contributed by atoms with Crippen molar-refractivity contribution in [3.05, 3.63) is 58.5 Å². The third kappa shape index (κ3) is 3.63. The highest BCUT2D eigenvalue weighted by Crippen LogP contribution is 2.33. The molecule has 4 aromatic rings. The summed E-state index contributed by atoms with van der Waals surface area (Å²) in [7, 11) is 1.66. The van der Waals surface area contributed by atoms with E-state index in [1.807, 2.05) is 6.92 Å². The number of aromatic amines is 1. The Balaban J connectivity index is 1.43. The van der Waals surface area contributed by atoms with Crippen molar-refractivity contribution in [3.63, 3.8) is 0 Å². The molecule has 0 aliphatic heterocycles. The van der Waals surface area contributed by atoms with Crippen LogP contribution in [0.3, 0.4) is 0 Å². The molecule has 1 aromatic carbocycles. The molecular weight excluding hydrogens is 399 g/mol. The Hall–Kier alpha value is -3.75.